The first-order chi connectivity index (χ1) is 16.1. The fraction of sp³-hybridized carbons (Fsp3) is 0.423. The molecule has 1 saturated carbocycles. The minimum absolute atomic E-state index is 0.0754. The first-order valence-corrected chi connectivity index (χ1v) is 11.5. The van der Waals surface area contributed by atoms with E-state index in [4.69, 9.17) is 4.74 Å². The predicted molar refractivity (Wildman–Crippen MR) is 128 cm³/mol. The fourth-order valence-corrected chi connectivity index (χ4v) is 3.66. The minimum Gasteiger partial charge on any atom is -0.508 e. The van der Waals surface area contributed by atoms with Crippen LogP contribution in [0.15, 0.2) is 54.6 Å². The van der Waals surface area contributed by atoms with E-state index in [1.54, 1.807) is 45.9 Å². The van der Waals surface area contributed by atoms with Crippen molar-refractivity contribution < 1.29 is 24.2 Å². The summed E-state index contributed by atoms with van der Waals surface area (Å²) in [6, 6.07) is 13.8. The van der Waals surface area contributed by atoms with Gasteiger partial charge in [-0.1, -0.05) is 48.5 Å². The first kappa shape index (κ1) is 25.1. The van der Waals surface area contributed by atoms with Crippen molar-refractivity contribution in [2.45, 2.75) is 70.8 Å². The first-order valence-electron chi connectivity index (χ1n) is 11.5. The van der Waals surface area contributed by atoms with Crippen LogP contribution in [0.5, 0.6) is 5.75 Å². The normalized spacial score (nSPS) is 15.1. The molecule has 2 aromatic rings. The number of carbonyl (C=O) groups is 3. The Morgan fingerprint density at radius 1 is 1.06 bits per heavy atom. The number of phenols is 1. The number of hydrogen-bond donors (Lipinski definition) is 3. The molecule has 1 aliphatic rings. The maximum Gasteiger partial charge on any atom is 0.408 e. The second-order valence-corrected chi connectivity index (χ2v) is 9.51. The van der Waals surface area contributed by atoms with Gasteiger partial charge in [0, 0.05) is 18.2 Å². The monoisotopic (exact) mass is 467 g/mol. The van der Waals surface area contributed by atoms with Crippen molar-refractivity contribution in [3.63, 3.8) is 0 Å². The molecule has 8 nitrogen and oxygen atoms in total. The fourth-order valence-electron chi connectivity index (χ4n) is 3.66. The van der Waals surface area contributed by atoms with Crippen LogP contribution in [0.25, 0.3) is 0 Å². The lowest BCUT2D eigenvalue weighted by molar-refractivity contribution is -0.143. The van der Waals surface area contributed by atoms with Crippen LogP contribution in [0.2, 0.25) is 0 Å². The molecule has 3 rings (SSSR count). The lowest BCUT2D eigenvalue weighted by Crippen LogP contribution is -2.52. The van der Waals surface area contributed by atoms with Gasteiger partial charge in [0.05, 0.1) is 0 Å². The largest absolute Gasteiger partial charge is 0.508 e. The van der Waals surface area contributed by atoms with Crippen molar-refractivity contribution >= 4 is 17.9 Å². The average molecular weight is 468 g/mol. The molecule has 1 aliphatic carbocycles. The number of nitrogens with one attached hydrogen (secondary N) is 2. The molecule has 3 amide bonds. The van der Waals surface area contributed by atoms with Gasteiger partial charge in [-0.2, -0.15) is 0 Å². The van der Waals surface area contributed by atoms with E-state index in [1.807, 2.05) is 30.3 Å². The maximum atomic E-state index is 13.5. The molecule has 0 spiro atoms. The van der Waals surface area contributed by atoms with E-state index >= 15 is 0 Å². The van der Waals surface area contributed by atoms with Crippen molar-refractivity contribution in [2.75, 3.05) is 0 Å². The summed E-state index contributed by atoms with van der Waals surface area (Å²) in [6.07, 6.45) is 0.763. The lowest BCUT2D eigenvalue weighted by atomic mass is 10.0. The van der Waals surface area contributed by atoms with E-state index < -0.39 is 35.6 Å². The van der Waals surface area contributed by atoms with Gasteiger partial charge in [0.1, 0.15) is 23.4 Å². The van der Waals surface area contributed by atoms with Gasteiger partial charge in [0.2, 0.25) is 11.8 Å². The number of phenolic OH excluding ortho intramolecular Hbond substituents is 1. The van der Waals surface area contributed by atoms with Crippen LogP contribution in [-0.4, -0.2) is 45.6 Å². The van der Waals surface area contributed by atoms with Gasteiger partial charge in [-0.15, -0.1) is 0 Å². The van der Waals surface area contributed by atoms with Crippen molar-refractivity contribution in [3.8, 4) is 5.75 Å². The molecule has 0 bridgehead atoms. The number of benzene rings is 2. The number of carbonyl (C=O) groups excluding carboxylic acids is 3. The highest BCUT2D eigenvalue weighted by molar-refractivity contribution is 5.92. The van der Waals surface area contributed by atoms with E-state index in [0.29, 0.717) is 5.56 Å². The van der Waals surface area contributed by atoms with Gasteiger partial charge < -0.3 is 25.4 Å². The summed E-state index contributed by atoms with van der Waals surface area (Å²) in [5.41, 5.74) is 0.535. The summed E-state index contributed by atoms with van der Waals surface area (Å²) >= 11 is 0. The Morgan fingerprint density at radius 2 is 1.68 bits per heavy atom. The Hall–Kier alpha value is -3.55. The molecule has 8 heteroatoms. The molecule has 0 heterocycles. The summed E-state index contributed by atoms with van der Waals surface area (Å²) in [4.78, 5) is 40.7. The van der Waals surface area contributed by atoms with Crippen LogP contribution >= 0.6 is 0 Å². The molecule has 2 unspecified atom stereocenters. The summed E-state index contributed by atoms with van der Waals surface area (Å²) in [5.74, 6) is -0.903. The molecule has 0 aliphatic heterocycles. The van der Waals surface area contributed by atoms with Gasteiger partial charge in [-0.3, -0.25) is 9.59 Å². The third-order valence-corrected chi connectivity index (χ3v) is 5.37. The molecule has 0 radical (unpaired) electrons. The van der Waals surface area contributed by atoms with Crippen LogP contribution in [0.1, 0.15) is 57.7 Å². The predicted octanol–water partition coefficient (Wildman–Crippen LogP) is 3.65. The summed E-state index contributed by atoms with van der Waals surface area (Å²) in [7, 11) is 0. The van der Waals surface area contributed by atoms with Crippen molar-refractivity contribution in [3.05, 3.63) is 65.7 Å². The topological polar surface area (TPSA) is 108 Å². The highest BCUT2D eigenvalue weighted by Crippen LogP contribution is 2.38. The number of hydrogen-bond acceptors (Lipinski definition) is 5. The zero-order chi connectivity index (χ0) is 24.9. The van der Waals surface area contributed by atoms with E-state index in [0.717, 1.165) is 18.4 Å². The molecule has 34 heavy (non-hydrogen) atoms. The Labute approximate surface area is 200 Å². The molecule has 0 saturated heterocycles. The highest BCUT2D eigenvalue weighted by Gasteiger charge is 2.43. The molecule has 1 fully saturated rings. The van der Waals surface area contributed by atoms with Crippen molar-refractivity contribution in [2.24, 2.45) is 0 Å². The molecular formula is C26H33N3O5. The average Bonchev–Trinajstić information content (AvgIpc) is 3.60. The van der Waals surface area contributed by atoms with Crippen molar-refractivity contribution in [1.82, 2.24) is 15.5 Å². The Balaban J connectivity index is 1.85. The molecule has 182 valence electrons. The van der Waals surface area contributed by atoms with Crippen LogP contribution < -0.4 is 10.6 Å². The van der Waals surface area contributed by atoms with Crippen molar-refractivity contribution in [1.29, 1.82) is 0 Å². The molecule has 3 N–H and O–H groups in total. The van der Waals surface area contributed by atoms with Gasteiger partial charge >= 0.3 is 6.09 Å². The van der Waals surface area contributed by atoms with Gasteiger partial charge in [0.15, 0.2) is 0 Å². The van der Waals surface area contributed by atoms with Crippen LogP contribution in [-0.2, 0) is 20.9 Å². The van der Waals surface area contributed by atoms with Gasteiger partial charge in [0.25, 0.3) is 0 Å². The summed E-state index contributed by atoms with van der Waals surface area (Å²) in [6.45, 7) is 7.05. The standard InChI is InChI=1S/C26H33N3O5/c1-17(28-25(33)34-26(2,3)4)24(32)29(19-14-15-19)22(20-12-8-9-13-21(20)30)23(31)27-16-18-10-6-5-7-11-18/h5-13,17,19,22,30H,14-16H2,1-4H3,(H,27,31)(H,28,33). The summed E-state index contributed by atoms with van der Waals surface area (Å²) < 4.78 is 5.27. The molecule has 2 atom stereocenters. The number of alkyl carbamates (subject to hydrolysis) is 1. The van der Waals surface area contributed by atoms with E-state index in [1.165, 1.54) is 11.0 Å². The molecular weight excluding hydrogens is 434 g/mol. The number of nitrogens with zero attached hydrogens (tertiary/aromatic N) is 1. The van der Waals surface area contributed by atoms with Gasteiger partial charge in [-0.25, -0.2) is 4.79 Å². The Kier molecular flexibility index (Phi) is 7.81. The lowest BCUT2D eigenvalue weighted by Gasteiger charge is -2.34. The Morgan fingerprint density at radius 3 is 2.26 bits per heavy atom. The minimum atomic E-state index is -1.05. The number of ether oxygens (including phenoxy) is 1. The van der Waals surface area contributed by atoms with Crippen LogP contribution in [0, 0.1) is 0 Å². The second-order valence-electron chi connectivity index (χ2n) is 9.51. The third kappa shape index (κ3) is 6.73. The SMILES string of the molecule is CC(NC(=O)OC(C)(C)C)C(=O)N(C1CC1)C(C(=O)NCc1ccccc1)c1ccccc1O. The zero-order valence-corrected chi connectivity index (χ0v) is 20.1. The van der Waals surface area contributed by atoms with E-state index in [9.17, 15) is 19.5 Å². The summed E-state index contributed by atoms with van der Waals surface area (Å²) in [5, 5.41) is 16.0. The molecule has 2 aromatic carbocycles. The quantitative estimate of drug-likeness (QED) is 0.549. The maximum absolute atomic E-state index is 13.5. The number of aromatic hydroxyl groups is 1. The van der Waals surface area contributed by atoms with Gasteiger partial charge in [-0.05, 0) is 52.2 Å². The number of para-hydroxylation sites is 1. The third-order valence-electron chi connectivity index (χ3n) is 5.37. The number of rotatable bonds is 8. The zero-order valence-electron chi connectivity index (χ0n) is 20.1. The molecule has 0 aromatic heterocycles. The highest BCUT2D eigenvalue weighted by atomic mass is 16.6. The smallest absolute Gasteiger partial charge is 0.408 e. The number of amides is 3. The second kappa shape index (κ2) is 10.6. The Bertz CT molecular complexity index is 1010. The van der Waals surface area contributed by atoms with Crippen LogP contribution in [0.4, 0.5) is 4.79 Å². The van der Waals surface area contributed by atoms with Crippen LogP contribution in [0.3, 0.4) is 0 Å². The van der Waals surface area contributed by atoms with E-state index in [-0.39, 0.29) is 18.3 Å². The van der Waals surface area contributed by atoms with E-state index in [2.05, 4.69) is 10.6 Å².